The van der Waals surface area contributed by atoms with Gasteiger partial charge in [-0.3, -0.25) is 9.20 Å². The molecule has 0 aliphatic rings. The van der Waals surface area contributed by atoms with Crippen LogP contribution in [0.1, 0.15) is 5.56 Å². The van der Waals surface area contributed by atoms with Crippen LogP contribution in [0, 0.1) is 18.6 Å². The van der Waals surface area contributed by atoms with Crippen LogP contribution in [0.4, 0.5) is 14.6 Å². The van der Waals surface area contributed by atoms with Crippen LogP contribution in [0.5, 0.6) is 0 Å². The Bertz CT molecular complexity index is 940. The lowest BCUT2D eigenvalue weighted by Crippen LogP contribution is -2.20. The smallest absolute Gasteiger partial charge is 0.258 e. The number of hydrogen-bond donors (Lipinski definition) is 1. The number of alkyl halides is 2. The molecule has 0 saturated heterocycles. The molecule has 0 unspecified atom stereocenters. The van der Waals surface area contributed by atoms with Crippen molar-refractivity contribution < 1.29 is 13.6 Å². The van der Waals surface area contributed by atoms with Gasteiger partial charge in [0.2, 0.25) is 0 Å². The third-order valence-electron chi connectivity index (χ3n) is 3.43. The van der Waals surface area contributed by atoms with E-state index in [-0.39, 0.29) is 17.1 Å². The second kappa shape index (κ2) is 6.37. The molecule has 0 spiro atoms. The van der Waals surface area contributed by atoms with Gasteiger partial charge < -0.3 is 5.32 Å². The largest absolute Gasteiger partial charge is 0.308 e. The molecule has 0 fully saturated rings. The number of nitrogens with one attached hydrogen (secondary N) is 1. The summed E-state index contributed by atoms with van der Waals surface area (Å²) in [5.74, 6) is -2.60. The summed E-state index contributed by atoms with van der Waals surface area (Å²) in [6.45, 7) is 1.86. The Morgan fingerprint density at radius 1 is 1.29 bits per heavy atom. The Hall–Kier alpha value is -2.18. The Balaban J connectivity index is 2.26. The van der Waals surface area contributed by atoms with E-state index in [4.69, 9.17) is 23.2 Å². The summed E-state index contributed by atoms with van der Waals surface area (Å²) >= 11 is 11.1. The molecule has 0 aliphatic carbocycles. The first kappa shape index (κ1) is 16.7. The number of amides is 1. The van der Waals surface area contributed by atoms with Gasteiger partial charge in [-0.15, -0.1) is 0 Å². The summed E-state index contributed by atoms with van der Waals surface area (Å²) < 4.78 is 29.3. The topological polar surface area (TPSA) is 46.4 Å². The first-order chi connectivity index (χ1) is 11.4. The average molecular weight is 370 g/mol. The van der Waals surface area contributed by atoms with E-state index in [0.717, 1.165) is 11.6 Å². The van der Waals surface area contributed by atoms with Crippen molar-refractivity contribution in [3.63, 3.8) is 0 Å². The number of fused-ring (bicyclic) bond motifs is 1. The summed E-state index contributed by atoms with van der Waals surface area (Å²) in [7, 11) is 0. The molecule has 0 atom stereocenters. The number of rotatable bonds is 3. The highest BCUT2D eigenvalue weighted by Crippen LogP contribution is 2.32. The molecule has 4 nitrogen and oxygen atoms in total. The molecular formula is C16H11Cl2F2N3O. The van der Waals surface area contributed by atoms with Gasteiger partial charge in [-0.25, -0.2) is 13.8 Å². The highest BCUT2D eigenvalue weighted by molar-refractivity contribution is 6.54. The van der Waals surface area contributed by atoms with Gasteiger partial charge in [0.1, 0.15) is 17.2 Å². The molecule has 1 aromatic carbocycles. The van der Waals surface area contributed by atoms with Crippen molar-refractivity contribution >= 4 is 40.6 Å². The van der Waals surface area contributed by atoms with Crippen molar-refractivity contribution in [1.29, 1.82) is 0 Å². The first-order valence-corrected chi connectivity index (χ1v) is 7.78. The fourth-order valence-electron chi connectivity index (χ4n) is 2.31. The molecule has 1 N–H and O–H groups in total. The molecule has 24 heavy (non-hydrogen) atoms. The van der Waals surface area contributed by atoms with Crippen LogP contribution < -0.4 is 5.32 Å². The van der Waals surface area contributed by atoms with Gasteiger partial charge in [0.15, 0.2) is 16.5 Å². The number of pyridine rings is 1. The van der Waals surface area contributed by atoms with E-state index in [9.17, 15) is 13.6 Å². The van der Waals surface area contributed by atoms with E-state index in [2.05, 4.69) is 10.3 Å². The second-order valence-corrected chi connectivity index (χ2v) is 6.23. The SMILES string of the molecule is Cc1ccn2c(NC(=O)C(Cl)Cl)c(-c3cccc(F)c3F)nc2c1. The summed E-state index contributed by atoms with van der Waals surface area (Å²) in [5, 5.41) is 2.51. The monoisotopic (exact) mass is 369 g/mol. The van der Waals surface area contributed by atoms with Crippen LogP contribution in [0.3, 0.4) is 0 Å². The minimum Gasteiger partial charge on any atom is -0.308 e. The van der Waals surface area contributed by atoms with Crippen molar-refractivity contribution in [2.45, 2.75) is 11.8 Å². The third-order valence-corrected chi connectivity index (χ3v) is 3.82. The number of aryl methyl sites for hydroxylation is 1. The van der Waals surface area contributed by atoms with Crippen molar-refractivity contribution in [2.75, 3.05) is 5.32 Å². The zero-order valence-corrected chi connectivity index (χ0v) is 13.9. The fourth-order valence-corrected chi connectivity index (χ4v) is 2.42. The lowest BCUT2D eigenvalue weighted by atomic mass is 10.1. The average Bonchev–Trinajstić information content (AvgIpc) is 2.87. The summed E-state index contributed by atoms with van der Waals surface area (Å²) in [5.41, 5.74) is 1.39. The predicted octanol–water partition coefficient (Wildman–Crippen LogP) is 4.33. The highest BCUT2D eigenvalue weighted by atomic mass is 35.5. The van der Waals surface area contributed by atoms with Crippen molar-refractivity contribution in [1.82, 2.24) is 9.38 Å². The zero-order chi connectivity index (χ0) is 17.4. The van der Waals surface area contributed by atoms with E-state index in [0.29, 0.717) is 5.65 Å². The minimum atomic E-state index is -1.31. The predicted molar refractivity (Wildman–Crippen MR) is 89.4 cm³/mol. The van der Waals surface area contributed by atoms with Crippen LogP contribution in [0.15, 0.2) is 36.5 Å². The Kier molecular flexibility index (Phi) is 4.43. The van der Waals surface area contributed by atoms with Gasteiger partial charge in [0.05, 0.1) is 0 Å². The van der Waals surface area contributed by atoms with Gasteiger partial charge in [-0.2, -0.15) is 0 Å². The van der Waals surface area contributed by atoms with Crippen molar-refractivity contribution in [2.24, 2.45) is 0 Å². The number of carbonyl (C=O) groups excluding carboxylic acids is 1. The van der Waals surface area contributed by atoms with Gasteiger partial charge in [-0.1, -0.05) is 29.3 Å². The molecular weight excluding hydrogens is 359 g/mol. The van der Waals surface area contributed by atoms with E-state index in [1.807, 2.05) is 6.92 Å². The number of halogens is 4. The molecule has 3 aromatic rings. The Labute approximate surface area is 146 Å². The van der Waals surface area contributed by atoms with E-state index < -0.39 is 22.4 Å². The van der Waals surface area contributed by atoms with E-state index >= 15 is 0 Å². The molecule has 0 aliphatic heterocycles. The van der Waals surface area contributed by atoms with Crippen LogP contribution in [0.25, 0.3) is 16.9 Å². The Morgan fingerprint density at radius 3 is 2.75 bits per heavy atom. The maximum atomic E-state index is 14.2. The van der Waals surface area contributed by atoms with Crippen molar-refractivity contribution in [3.05, 3.63) is 53.7 Å². The molecule has 8 heteroatoms. The lowest BCUT2D eigenvalue weighted by molar-refractivity contribution is -0.114. The van der Waals surface area contributed by atoms with Gasteiger partial charge >= 0.3 is 0 Å². The normalized spacial score (nSPS) is 11.2. The van der Waals surface area contributed by atoms with Crippen LogP contribution in [0.2, 0.25) is 0 Å². The standard InChI is InChI=1S/C16H11Cl2F2N3O/c1-8-5-6-23-11(7-8)21-13(15(23)22-16(24)14(17)18)9-3-2-4-10(19)12(9)20/h2-7,14H,1H3,(H,22,24). The van der Waals surface area contributed by atoms with Crippen LogP contribution in [-0.4, -0.2) is 20.1 Å². The van der Waals surface area contributed by atoms with E-state index in [1.54, 1.807) is 22.7 Å². The minimum absolute atomic E-state index is 0.0765. The number of benzene rings is 1. The molecule has 1 amide bonds. The van der Waals surface area contributed by atoms with Gasteiger partial charge in [0.25, 0.3) is 5.91 Å². The maximum absolute atomic E-state index is 14.2. The van der Waals surface area contributed by atoms with E-state index in [1.165, 1.54) is 12.1 Å². The second-order valence-electron chi connectivity index (χ2n) is 5.13. The number of carbonyl (C=O) groups is 1. The molecule has 2 heterocycles. The lowest BCUT2D eigenvalue weighted by Gasteiger charge is -2.09. The number of imidazole rings is 1. The molecule has 2 aromatic heterocycles. The molecule has 3 rings (SSSR count). The van der Waals surface area contributed by atoms with Crippen LogP contribution in [-0.2, 0) is 4.79 Å². The van der Waals surface area contributed by atoms with Crippen molar-refractivity contribution in [3.8, 4) is 11.3 Å². The van der Waals surface area contributed by atoms with Gasteiger partial charge in [0, 0.05) is 11.8 Å². The zero-order valence-electron chi connectivity index (χ0n) is 12.4. The number of nitrogens with zero attached hydrogens (tertiary/aromatic N) is 2. The van der Waals surface area contributed by atoms with Crippen LogP contribution >= 0.6 is 23.2 Å². The number of hydrogen-bond acceptors (Lipinski definition) is 2. The molecule has 0 radical (unpaired) electrons. The number of anilines is 1. The fraction of sp³-hybridized carbons (Fsp3) is 0.125. The number of aromatic nitrogens is 2. The molecule has 124 valence electrons. The molecule has 0 bridgehead atoms. The summed E-state index contributed by atoms with van der Waals surface area (Å²) in [6, 6.07) is 7.27. The quantitative estimate of drug-likeness (QED) is 0.698. The maximum Gasteiger partial charge on any atom is 0.258 e. The first-order valence-electron chi connectivity index (χ1n) is 6.90. The summed E-state index contributed by atoms with van der Waals surface area (Å²) in [6.07, 6.45) is 1.66. The molecule has 0 saturated carbocycles. The summed E-state index contributed by atoms with van der Waals surface area (Å²) in [4.78, 5) is 14.9. The van der Waals surface area contributed by atoms with Gasteiger partial charge in [-0.05, 0) is 36.8 Å². The Morgan fingerprint density at radius 2 is 2.04 bits per heavy atom. The third kappa shape index (κ3) is 2.95. The highest BCUT2D eigenvalue weighted by Gasteiger charge is 2.22.